The Bertz CT molecular complexity index is 1640. The molecule has 9 heteroatoms. The van der Waals surface area contributed by atoms with E-state index in [4.69, 9.17) is 14.0 Å². The highest BCUT2D eigenvalue weighted by molar-refractivity contribution is 7.18. The summed E-state index contributed by atoms with van der Waals surface area (Å²) in [5.74, 6) is 1.60. The lowest BCUT2D eigenvalue weighted by Gasteiger charge is -2.41. The largest absolute Gasteiger partial charge is 0.487 e. The predicted octanol–water partition coefficient (Wildman–Crippen LogP) is 6.96. The number of aromatic nitrogens is 2. The lowest BCUT2D eigenvalue weighted by Crippen LogP contribution is -2.44. The predicted molar refractivity (Wildman–Crippen MR) is 151 cm³/mol. The van der Waals surface area contributed by atoms with Crippen LogP contribution in [-0.2, 0) is 23.6 Å². The molecular formula is C32H32FN3O4S. The molecule has 3 fully saturated rings. The molecule has 1 N–H and O–H groups in total. The molecule has 3 aliphatic rings. The van der Waals surface area contributed by atoms with E-state index in [-0.39, 0.29) is 29.0 Å². The van der Waals surface area contributed by atoms with Gasteiger partial charge in [-0.2, -0.15) is 5.26 Å². The Morgan fingerprint density at radius 3 is 2.54 bits per heavy atom. The molecule has 41 heavy (non-hydrogen) atoms. The van der Waals surface area contributed by atoms with Crippen molar-refractivity contribution < 1.29 is 23.5 Å². The Morgan fingerprint density at radius 1 is 1.12 bits per heavy atom. The molecule has 2 aromatic carbocycles. The summed E-state index contributed by atoms with van der Waals surface area (Å²) in [6.07, 6.45) is 5.33. The van der Waals surface area contributed by atoms with E-state index in [1.54, 1.807) is 6.07 Å². The van der Waals surface area contributed by atoms with Crippen molar-refractivity contribution in [2.45, 2.75) is 83.2 Å². The zero-order chi connectivity index (χ0) is 28.3. The number of halogens is 1. The first-order valence-electron chi connectivity index (χ1n) is 14.4. The van der Waals surface area contributed by atoms with E-state index in [1.165, 1.54) is 17.4 Å². The van der Waals surface area contributed by atoms with Crippen LogP contribution < -0.4 is 4.74 Å². The van der Waals surface area contributed by atoms with Crippen LogP contribution in [0.15, 0.2) is 34.9 Å². The molecule has 212 valence electrons. The second-order valence-electron chi connectivity index (χ2n) is 11.9. The number of hydrogen-bond donors (Lipinski definition) is 1. The molecule has 3 aliphatic carbocycles. The monoisotopic (exact) mass is 573 g/mol. The van der Waals surface area contributed by atoms with Crippen LogP contribution in [0.4, 0.5) is 4.39 Å². The Morgan fingerprint density at radius 2 is 1.85 bits per heavy atom. The highest BCUT2D eigenvalue weighted by atomic mass is 32.1. The lowest BCUT2D eigenvalue weighted by molar-refractivity contribution is -0.116. The van der Waals surface area contributed by atoms with Gasteiger partial charge in [0, 0.05) is 11.5 Å². The van der Waals surface area contributed by atoms with Crippen LogP contribution in [0.3, 0.4) is 0 Å². The number of thiazole rings is 1. The van der Waals surface area contributed by atoms with E-state index in [2.05, 4.69) is 10.1 Å². The summed E-state index contributed by atoms with van der Waals surface area (Å²) in [4.78, 5) is 4.55. The average molecular weight is 574 g/mol. The standard InChI is InChI=1S/C32H32FN3O4S/c1-17-4-3-5-18(2)29(17)39-16-26-24(30(40-36-26)20-6-7-20)15-38-23-12-21-8-9-22(13-23)32(21,37)31-35-28-25(33)10-19(14-34)11-27(28)41-31/h3-5,10-11,20-23,37H,6-9,12-13,15-16H2,1-2H3/t21-,22?,23-,32+/m0/s1. The second-order valence-corrected chi connectivity index (χ2v) is 12.9. The van der Waals surface area contributed by atoms with Crippen molar-refractivity contribution in [2.24, 2.45) is 11.8 Å². The number of benzene rings is 2. The summed E-state index contributed by atoms with van der Waals surface area (Å²) in [5, 5.41) is 26.1. The molecule has 0 spiro atoms. The summed E-state index contributed by atoms with van der Waals surface area (Å²) in [6.45, 7) is 4.79. The highest BCUT2D eigenvalue weighted by Gasteiger charge is 2.56. The maximum absolute atomic E-state index is 14.6. The molecule has 2 aromatic heterocycles. The first-order chi connectivity index (χ1) is 19.8. The number of para-hydroxylation sites is 1. The fourth-order valence-electron chi connectivity index (χ4n) is 6.87. The van der Waals surface area contributed by atoms with E-state index in [0.717, 1.165) is 59.6 Å². The molecule has 7 nitrogen and oxygen atoms in total. The third kappa shape index (κ3) is 4.62. The van der Waals surface area contributed by atoms with Gasteiger partial charge in [0.05, 0.1) is 29.0 Å². The second kappa shape index (κ2) is 10.2. The van der Waals surface area contributed by atoms with Gasteiger partial charge in [-0.15, -0.1) is 11.3 Å². The smallest absolute Gasteiger partial charge is 0.151 e. The number of fused-ring (bicyclic) bond motifs is 3. The maximum Gasteiger partial charge on any atom is 0.151 e. The van der Waals surface area contributed by atoms with Crippen molar-refractivity contribution in [3.8, 4) is 11.8 Å². The normalized spacial score (nSPS) is 25.5. The molecule has 3 saturated carbocycles. The lowest BCUT2D eigenvalue weighted by atomic mass is 9.73. The minimum atomic E-state index is -1.11. The van der Waals surface area contributed by atoms with Crippen molar-refractivity contribution in [3.63, 3.8) is 0 Å². The average Bonchev–Trinajstić information content (AvgIpc) is 3.54. The molecule has 0 amide bonds. The number of nitrogens with zero attached hydrogens (tertiary/aromatic N) is 3. The number of aliphatic hydroxyl groups is 1. The van der Waals surface area contributed by atoms with Crippen LogP contribution in [-0.4, -0.2) is 21.4 Å². The summed E-state index contributed by atoms with van der Waals surface area (Å²) in [5.41, 5.74) is 3.31. The van der Waals surface area contributed by atoms with Gasteiger partial charge in [-0.1, -0.05) is 23.4 Å². The fourth-order valence-corrected chi connectivity index (χ4v) is 8.14. The molecule has 4 atom stereocenters. The quantitative estimate of drug-likeness (QED) is 0.243. The minimum absolute atomic E-state index is 0.0154. The van der Waals surface area contributed by atoms with Gasteiger partial charge >= 0.3 is 0 Å². The van der Waals surface area contributed by atoms with E-state index in [0.29, 0.717) is 41.7 Å². The van der Waals surface area contributed by atoms with E-state index in [1.807, 2.05) is 38.1 Å². The molecule has 0 radical (unpaired) electrons. The molecule has 7 rings (SSSR count). The summed E-state index contributed by atoms with van der Waals surface area (Å²) in [7, 11) is 0. The van der Waals surface area contributed by atoms with Gasteiger partial charge in [0.2, 0.25) is 0 Å². The van der Waals surface area contributed by atoms with Crippen LogP contribution in [0.25, 0.3) is 10.2 Å². The topological polar surface area (TPSA) is 101 Å². The first kappa shape index (κ1) is 26.6. The summed E-state index contributed by atoms with van der Waals surface area (Å²) < 4.78 is 33.8. The van der Waals surface area contributed by atoms with E-state index in [9.17, 15) is 14.8 Å². The van der Waals surface area contributed by atoms with E-state index < -0.39 is 11.4 Å². The number of aryl methyl sites for hydroxylation is 2. The van der Waals surface area contributed by atoms with Gasteiger partial charge in [-0.3, -0.25) is 0 Å². The third-order valence-corrected chi connectivity index (χ3v) is 10.3. The molecule has 1 unspecified atom stereocenters. The molecule has 2 heterocycles. The van der Waals surface area contributed by atoms with Crippen LogP contribution in [0.2, 0.25) is 0 Å². The van der Waals surface area contributed by atoms with Crippen LogP contribution >= 0.6 is 11.3 Å². The first-order valence-corrected chi connectivity index (χ1v) is 15.2. The Balaban J connectivity index is 1.07. The van der Waals surface area contributed by atoms with Gasteiger partial charge in [0.25, 0.3) is 0 Å². The SMILES string of the molecule is Cc1cccc(C)c1OCc1noc(C2CC2)c1CO[C@@H]1CC2CC[C@@H](C1)[C@]2(O)c1nc2c(F)cc(C#N)cc2s1. The Labute approximate surface area is 241 Å². The molecule has 2 bridgehead atoms. The van der Waals surface area contributed by atoms with Crippen molar-refractivity contribution >= 4 is 21.6 Å². The fraction of sp³-hybridized carbons (Fsp3) is 0.469. The van der Waals surface area contributed by atoms with Crippen molar-refractivity contribution in [2.75, 3.05) is 0 Å². The zero-order valence-electron chi connectivity index (χ0n) is 23.2. The third-order valence-electron chi connectivity index (χ3n) is 9.20. The maximum atomic E-state index is 14.6. The summed E-state index contributed by atoms with van der Waals surface area (Å²) >= 11 is 1.30. The van der Waals surface area contributed by atoms with Gasteiger partial charge in [-0.05, 0) is 87.5 Å². The molecule has 0 aliphatic heterocycles. The van der Waals surface area contributed by atoms with E-state index >= 15 is 0 Å². The van der Waals surface area contributed by atoms with Gasteiger partial charge in [-0.25, -0.2) is 9.37 Å². The van der Waals surface area contributed by atoms with Crippen LogP contribution in [0.1, 0.15) is 83.2 Å². The number of ether oxygens (including phenoxy) is 2. The Hall–Kier alpha value is -3.32. The highest BCUT2D eigenvalue weighted by Crippen LogP contribution is 2.57. The van der Waals surface area contributed by atoms with Crippen LogP contribution in [0, 0.1) is 42.8 Å². The van der Waals surface area contributed by atoms with Gasteiger partial charge in [0.1, 0.15) is 39.9 Å². The number of rotatable bonds is 8. The van der Waals surface area contributed by atoms with Gasteiger partial charge in [0.15, 0.2) is 5.82 Å². The van der Waals surface area contributed by atoms with Gasteiger partial charge < -0.3 is 19.1 Å². The minimum Gasteiger partial charge on any atom is -0.487 e. The molecule has 0 saturated heterocycles. The van der Waals surface area contributed by atoms with Crippen molar-refractivity contribution in [3.05, 3.63) is 74.9 Å². The van der Waals surface area contributed by atoms with Crippen molar-refractivity contribution in [1.82, 2.24) is 10.1 Å². The number of nitriles is 1. The Kier molecular flexibility index (Phi) is 6.61. The summed E-state index contributed by atoms with van der Waals surface area (Å²) in [6, 6.07) is 11.0. The number of hydrogen-bond acceptors (Lipinski definition) is 8. The van der Waals surface area contributed by atoms with Crippen molar-refractivity contribution in [1.29, 1.82) is 5.26 Å². The van der Waals surface area contributed by atoms with Crippen LogP contribution in [0.5, 0.6) is 5.75 Å². The molecule has 4 aromatic rings. The molecular weight excluding hydrogens is 541 g/mol. The zero-order valence-corrected chi connectivity index (χ0v) is 24.0.